The van der Waals surface area contributed by atoms with Gasteiger partial charge in [-0.2, -0.15) is 11.8 Å². The van der Waals surface area contributed by atoms with Gasteiger partial charge in [-0.25, -0.2) is 0 Å². The van der Waals surface area contributed by atoms with Gasteiger partial charge in [0.25, 0.3) is 0 Å². The van der Waals surface area contributed by atoms with E-state index in [0.29, 0.717) is 6.10 Å². The fraction of sp³-hybridized carbons (Fsp3) is 0.947. The van der Waals surface area contributed by atoms with Gasteiger partial charge in [0.2, 0.25) is 0 Å². The van der Waals surface area contributed by atoms with Crippen LogP contribution in [0.15, 0.2) is 4.99 Å². The van der Waals surface area contributed by atoms with E-state index in [-0.39, 0.29) is 28.7 Å². The molecule has 2 aliphatic rings. The molecule has 6 heteroatoms. The first-order valence-electron chi connectivity index (χ1n) is 9.74. The Kier molecular flexibility index (Phi) is 11.1. The number of halogens is 1. The Balaban J connectivity index is 0.00000312. The van der Waals surface area contributed by atoms with Gasteiger partial charge in [0.15, 0.2) is 5.96 Å². The van der Waals surface area contributed by atoms with E-state index in [4.69, 9.17) is 9.73 Å². The molecule has 25 heavy (non-hydrogen) atoms. The number of aliphatic imine (C=N–C) groups is 1. The maximum atomic E-state index is 6.20. The molecular formula is C19H38IN3OS. The lowest BCUT2D eigenvalue weighted by molar-refractivity contribution is 0.00101. The third kappa shape index (κ3) is 8.24. The third-order valence-electron chi connectivity index (χ3n) is 5.28. The van der Waals surface area contributed by atoms with Crippen LogP contribution in [0.4, 0.5) is 0 Å². The molecule has 2 rings (SSSR count). The van der Waals surface area contributed by atoms with Crippen LogP contribution in [0.5, 0.6) is 0 Å². The van der Waals surface area contributed by atoms with Crippen molar-refractivity contribution in [1.29, 1.82) is 0 Å². The van der Waals surface area contributed by atoms with Crippen molar-refractivity contribution in [2.24, 2.45) is 10.9 Å². The summed E-state index contributed by atoms with van der Waals surface area (Å²) in [5.74, 6) is 1.91. The maximum Gasteiger partial charge on any atom is 0.193 e. The van der Waals surface area contributed by atoms with Crippen molar-refractivity contribution in [2.75, 3.05) is 39.0 Å². The molecule has 1 saturated heterocycles. The minimum atomic E-state index is 0. The highest BCUT2D eigenvalue weighted by Crippen LogP contribution is 2.26. The smallest absolute Gasteiger partial charge is 0.193 e. The molecule has 0 unspecified atom stereocenters. The van der Waals surface area contributed by atoms with Crippen molar-refractivity contribution in [3.8, 4) is 0 Å². The Morgan fingerprint density at radius 1 is 1.20 bits per heavy atom. The minimum Gasteiger partial charge on any atom is -0.378 e. The lowest BCUT2D eigenvalue weighted by Crippen LogP contribution is -2.47. The average Bonchev–Trinajstić information content (AvgIpc) is 3.11. The fourth-order valence-electron chi connectivity index (χ4n) is 3.44. The molecule has 1 heterocycles. The molecular weight excluding hydrogens is 445 g/mol. The van der Waals surface area contributed by atoms with E-state index in [2.05, 4.69) is 37.2 Å². The summed E-state index contributed by atoms with van der Waals surface area (Å²) in [4.78, 5) is 7.30. The number of thioether (sulfide) groups is 1. The van der Waals surface area contributed by atoms with Crippen LogP contribution in [0, 0.1) is 5.92 Å². The molecule has 1 aliphatic carbocycles. The van der Waals surface area contributed by atoms with Gasteiger partial charge >= 0.3 is 0 Å². The van der Waals surface area contributed by atoms with E-state index in [1.165, 1.54) is 25.7 Å². The van der Waals surface area contributed by atoms with E-state index in [1.807, 2.05) is 11.8 Å². The summed E-state index contributed by atoms with van der Waals surface area (Å²) in [5.41, 5.74) is 0. The Morgan fingerprint density at radius 2 is 1.84 bits per heavy atom. The molecule has 1 saturated carbocycles. The van der Waals surface area contributed by atoms with E-state index >= 15 is 0 Å². The van der Waals surface area contributed by atoms with Crippen LogP contribution in [-0.2, 0) is 4.74 Å². The zero-order valence-electron chi connectivity index (χ0n) is 16.6. The number of guanidine groups is 1. The van der Waals surface area contributed by atoms with Crippen LogP contribution in [0.1, 0.15) is 59.3 Å². The normalized spacial score (nSPS) is 20.6. The molecule has 0 aromatic carbocycles. The van der Waals surface area contributed by atoms with E-state index < -0.39 is 0 Å². The molecule has 1 aliphatic heterocycles. The number of ether oxygens (including phenoxy) is 1. The summed E-state index contributed by atoms with van der Waals surface area (Å²) in [6, 6.07) is 0. The molecule has 0 atom stereocenters. The highest BCUT2D eigenvalue weighted by Gasteiger charge is 2.24. The molecule has 2 fully saturated rings. The Hall–Kier alpha value is 0.310. The summed E-state index contributed by atoms with van der Waals surface area (Å²) in [6.45, 7) is 11.5. The van der Waals surface area contributed by atoms with Gasteiger partial charge in [0.1, 0.15) is 0 Å². The minimum absolute atomic E-state index is 0. The van der Waals surface area contributed by atoms with Crippen LogP contribution in [-0.4, -0.2) is 60.8 Å². The summed E-state index contributed by atoms with van der Waals surface area (Å²) in [5, 5.41) is 3.47. The van der Waals surface area contributed by atoms with Gasteiger partial charge in [0, 0.05) is 31.0 Å². The van der Waals surface area contributed by atoms with Crippen molar-refractivity contribution in [2.45, 2.75) is 70.1 Å². The number of nitrogens with one attached hydrogen (secondary N) is 1. The van der Waals surface area contributed by atoms with Gasteiger partial charge in [0.05, 0.1) is 12.6 Å². The average molecular weight is 484 g/mol. The lowest BCUT2D eigenvalue weighted by Gasteiger charge is -2.35. The predicted molar refractivity (Wildman–Crippen MR) is 121 cm³/mol. The SMILES string of the molecule is CCNC(=NCC(C)(C)SC)N1CCC(OCC2CCCC2)CC1.I. The lowest BCUT2D eigenvalue weighted by atomic mass is 10.1. The molecule has 0 aromatic rings. The van der Waals surface area contributed by atoms with Crippen LogP contribution in [0.25, 0.3) is 0 Å². The standard InChI is InChI=1S/C19H37N3OS.HI/c1-5-20-18(21-15-19(2,3)24-4)22-12-10-17(11-13-22)23-14-16-8-6-7-9-16;/h16-17H,5-15H2,1-4H3,(H,20,21);1H. The molecule has 148 valence electrons. The van der Waals surface area contributed by atoms with Crippen molar-refractivity contribution in [3.63, 3.8) is 0 Å². The van der Waals surface area contributed by atoms with E-state index in [1.54, 1.807) is 0 Å². The zero-order valence-corrected chi connectivity index (χ0v) is 19.7. The van der Waals surface area contributed by atoms with Gasteiger partial charge in [-0.05, 0) is 58.6 Å². The van der Waals surface area contributed by atoms with Crippen LogP contribution < -0.4 is 5.32 Å². The highest BCUT2D eigenvalue weighted by molar-refractivity contribution is 14.0. The van der Waals surface area contributed by atoms with Crippen molar-refractivity contribution >= 4 is 41.7 Å². The summed E-state index contributed by atoms with van der Waals surface area (Å²) < 4.78 is 6.39. The molecule has 0 radical (unpaired) electrons. The Morgan fingerprint density at radius 3 is 2.40 bits per heavy atom. The predicted octanol–water partition coefficient (Wildman–Crippen LogP) is 4.38. The molecule has 1 N–H and O–H groups in total. The first-order chi connectivity index (χ1) is 11.5. The number of hydrogen-bond donors (Lipinski definition) is 1. The summed E-state index contributed by atoms with van der Waals surface area (Å²) in [6.07, 6.45) is 10.4. The topological polar surface area (TPSA) is 36.9 Å². The van der Waals surface area contributed by atoms with Crippen LogP contribution in [0.3, 0.4) is 0 Å². The monoisotopic (exact) mass is 483 g/mol. The van der Waals surface area contributed by atoms with Crippen molar-refractivity contribution in [1.82, 2.24) is 10.2 Å². The third-order valence-corrected chi connectivity index (χ3v) is 6.52. The van der Waals surface area contributed by atoms with Gasteiger partial charge in [-0.3, -0.25) is 4.99 Å². The quantitative estimate of drug-likeness (QED) is 0.331. The number of likely N-dealkylation sites (tertiary alicyclic amines) is 1. The summed E-state index contributed by atoms with van der Waals surface area (Å²) >= 11 is 1.88. The number of piperidine rings is 1. The number of nitrogens with zero attached hydrogens (tertiary/aromatic N) is 2. The maximum absolute atomic E-state index is 6.20. The fourth-order valence-corrected chi connectivity index (χ4v) is 3.63. The highest BCUT2D eigenvalue weighted by atomic mass is 127. The summed E-state index contributed by atoms with van der Waals surface area (Å²) in [7, 11) is 0. The second-order valence-corrected chi connectivity index (χ2v) is 9.32. The first-order valence-corrected chi connectivity index (χ1v) is 11.0. The van der Waals surface area contributed by atoms with Crippen LogP contribution >= 0.6 is 35.7 Å². The molecule has 0 aromatic heterocycles. The van der Waals surface area contributed by atoms with Crippen molar-refractivity contribution < 1.29 is 4.74 Å². The first kappa shape index (κ1) is 23.3. The number of rotatable bonds is 7. The molecule has 0 bridgehead atoms. The second kappa shape index (κ2) is 11.9. The van der Waals surface area contributed by atoms with E-state index in [9.17, 15) is 0 Å². The molecule has 0 amide bonds. The van der Waals surface area contributed by atoms with Crippen molar-refractivity contribution in [3.05, 3.63) is 0 Å². The molecule has 0 spiro atoms. The van der Waals surface area contributed by atoms with Gasteiger partial charge < -0.3 is 15.0 Å². The Labute approximate surface area is 176 Å². The van der Waals surface area contributed by atoms with Gasteiger partial charge in [-0.1, -0.05) is 12.8 Å². The largest absolute Gasteiger partial charge is 0.378 e. The van der Waals surface area contributed by atoms with Crippen LogP contribution in [0.2, 0.25) is 0 Å². The zero-order chi connectivity index (χ0) is 17.4. The van der Waals surface area contributed by atoms with E-state index in [0.717, 1.165) is 57.5 Å². The molecule has 4 nitrogen and oxygen atoms in total. The second-order valence-electron chi connectivity index (χ2n) is 7.80. The Bertz CT molecular complexity index is 392. The number of hydrogen-bond acceptors (Lipinski definition) is 3. The van der Waals surface area contributed by atoms with Gasteiger partial charge in [-0.15, -0.1) is 24.0 Å².